The van der Waals surface area contributed by atoms with Crippen molar-refractivity contribution < 1.29 is 9.53 Å². The van der Waals surface area contributed by atoms with Gasteiger partial charge in [-0.3, -0.25) is 4.79 Å². The van der Waals surface area contributed by atoms with Gasteiger partial charge in [0.1, 0.15) is 6.10 Å². The lowest BCUT2D eigenvalue weighted by Gasteiger charge is -2.28. The normalized spacial score (nSPS) is 12.6. The van der Waals surface area contributed by atoms with Crippen molar-refractivity contribution in [3.8, 4) is 0 Å². The van der Waals surface area contributed by atoms with Gasteiger partial charge in [0.2, 0.25) is 0 Å². The molecule has 0 aliphatic heterocycles. The summed E-state index contributed by atoms with van der Waals surface area (Å²) >= 11 is 4.78. The first kappa shape index (κ1) is 13.3. The van der Waals surface area contributed by atoms with Crippen LogP contribution in [0.3, 0.4) is 0 Å². The number of methoxy groups -OCH3 is 1. The van der Waals surface area contributed by atoms with Crippen molar-refractivity contribution in [1.82, 2.24) is 4.90 Å². The van der Waals surface area contributed by atoms with Gasteiger partial charge < -0.3 is 15.4 Å². The number of hydrogen-bond acceptors (Lipinski definition) is 3. The van der Waals surface area contributed by atoms with Crippen molar-refractivity contribution >= 4 is 23.1 Å². The fourth-order valence-electron chi connectivity index (χ4n) is 1.02. The van der Waals surface area contributed by atoms with Crippen LogP contribution in [0.4, 0.5) is 0 Å². The van der Waals surface area contributed by atoms with E-state index in [1.807, 2.05) is 13.8 Å². The van der Waals surface area contributed by atoms with Crippen molar-refractivity contribution in [3.05, 3.63) is 0 Å². The standard InChI is InChI=1S/C9H18N2O2S/c1-6(2)11(5-8(10)14)9(12)7(3)13-4/h6-7H,5H2,1-4H3,(H2,10,14). The van der Waals surface area contributed by atoms with Gasteiger partial charge >= 0.3 is 0 Å². The third kappa shape index (κ3) is 4.02. The van der Waals surface area contributed by atoms with E-state index >= 15 is 0 Å². The van der Waals surface area contributed by atoms with Crippen molar-refractivity contribution in [2.45, 2.75) is 32.9 Å². The molecule has 0 heterocycles. The van der Waals surface area contributed by atoms with E-state index in [4.69, 9.17) is 22.7 Å². The first-order valence-corrected chi connectivity index (χ1v) is 4.92. The Balaban J connectivity index is 4.49. The van der Waals surface area contributed by atoms with Crippen LogP contribution in [0.25, 0.3) is 0 Å². The third-order valence-corrected chi connectivity index (χ3v) is 2.06. The molecular weight excluding hydrogens is 200 g/mol. The van der Waals surface area contributed by atoms with E-state index in [0.717, 1.165) is 0 Å². The van der Waals surface area contributed by atoms with Crippen LogP contribution in [0.2, 0.25) is 0 Å². The minimum Gasteiger partial charge on any atom is -0.392 e. The molecule has 14 heavy (non-hydrogen) atoms. The summed E-state index contributed by atoms with van der Waals surface area (Å²) in [6, 6.07) is 0.0709. The van der Waals surface area contributed by atoms with E-state index in [1.165, 1.54) is 7.11 Å². The molecule has 0 saturated heterocycles. The molecule has 0 radical (unpaired) electrons. The highest BCUT2D eigenvalue weighted by molar-refractivity contribution is 7.80. The zero-order valence-electron chi connectivity index (χ0n) is 9.11. The van der Waals surface area contributed by atoms with Crippen LogP contribution in [0.15, 0.2) is 0 Å². The lowest BCUT2D eigenvalue weighted by molar-refractivity contribution is -0.141. The fourth-order valence-corrected chi connectivity index (χ4v) is 1.16. The molecule has 1 amide bonds. The quantitative estimate of drug-likeness (QED) is 0.684. The van der Waals surface area contributed by atoms with Crippen LogP contribution >= 0.6 is 12.2 Å². The first-order valence-electron chi connectivity index (χ1n) is 4.51. The Hall–Kier alpha value is -0.680. The van der Waals surface area contributed by atoms with Crippen LogP contribution in [-0.2, 0) is 9.53 Å². The summed E-state index contributed by atoms with van der Waals surface area (Å²) in [5, 5.41) is 0. The minimum absolute atomic E-state index is 0.0709. The van der Waals surface area contributed by atoms with Crippen LogP contribution in [0, 0.1) is 0 Å². The van der Waals surface area contributed by atoms with E-state index in [-0.39, 0.29) is 11.9 Å². The monoisotopic (exact) mass is 218 g/mol. The van der Waals surface area contributed by atoms with Crippen molar-refractivity contribution in [2.75, 3.05) is 13.7 Å². The molecule has 0 aliphatic carbocycles. The average Bonchev–Trinajstić information content (AvgIpc) is 2.11. The average molecular weight is 218 g/mol. The number of thiocarbonyl (C=S) groups is 1. The molecule has 0 fully saturated rings. The van der Waals surface area contributed by atoms with Crippen molar-refractivity contribution in [3.63, 3.8) is 0 Å². The SMILES string of the molecule is COC(C)C(=O)N(CC(N)=S)C(C)C. The summed E-state index contributed by atoms with van der Waals surface area (Å²) in [4.78, 5) is 13.7. The van der Waals surface area contributed by atoms with Crippen molar-refractivity contribution in [2.24, 2.45) is 5.73 Å². The molecule has 0 aromatic rings. The van der Waals surface area contributed by atoms with Gasteiger partial charge in [-0.05, 0) is 20.8 Å². The molecule has 0 aromatic heterocycles. The molecule has 0 saturated carbocycles. The summed E-state index contributed by atoms with van der Waals surface area (Å²) in [6.45, 7) is 5.84. The van der Waals surface area contributed by atoms with E-state index in [0.29, 0.717) is 11.5 Å². The number of amides is 1. The van der Waals surface area contributed by atoms with E-state index in [1.54, 1.807) is 11.8 Å². The molecule has 0 aromatic carbocycles. The van der Waals surface area contributed by atoms with E-state index in [2.05, 4.69) is 0 Å². The molecule has 1 atom stereocenters. The minimum atomic E-state index is -0.452. The summed E-state index contributed by atoms with van der Waals surface area (Å²) in [7, 11) is 1.50. The predicted molar refractivity (Wildman–Crippen MR) is 60.1 cm³/mol. The Kier molecular flexibility index (Phi) is 5.64. The maximum Gasteiger partial charge on any atom is 0.252 e. The summed E-state index contributed by atoms with van der Waals surface area (Å²) in [5.74, 6) is -0.0877. The molecule has 82 valence electrons. The molecule has 0 spiro atoms. The highest BCUT2D eigenvalue weighted by Gasteiger charge is 2.22. The molecule has 1 unspecified atom stereocenters. The maximum absolute atomic E-state index is 11.7. The van der Waals surface area contributed by atoms with Gasteiger partial charge in [-0.2, -0.15) is 0 Å². The molecule has 4 nitrogen and oxygen atoms in total. The Morgan fingerprint density at radius 1 is 1.50 bits per heavy atom. The predicted octanol–water partition coefficient (Wildman–Crippen LogP) is 0.544. The number of hydrogen-bond donors (Lipinski definition) is 1. The smallest absolute Gasteiger partial charge is 0.252 e. The summed E-state index contributed by atoms with van der Waals surface area (Å²) in [5.41, 5.74) is 5.41. The zero-order chi connectivity index (χ0) is 11.3. The van der Waals surface area contributed by atoms with Gasteiger partial charge in [0.25, 0.3) is 5.91 Å². The van der Waals surface area contributed by atoms with Crippen molar-refractivity contribution in [1.29, 1.82) is 0 Å². The van der Waals surface area contributed by atoms with Gasteiger partial charge in [0, 0.05) is 13.2 Å². The van der Waals surface area contributed by atoms with Gasteiger partial charge in [-0.1, -0.05) is 12.2 Å². The third-order valence-electron chi connectivity index (χ3n) is 1.93. The Morgan fingerprint density at radius 2 is 2.00 bits per heavy atom. The molecule has 5 heteroatoms. The van der Waals surface area contributed by atoms with E-state index < -0.39 is 6.10 Å². The molecule has 2 N–H and O–H groups in total. The van der Waals surface area contributed by atoms with Crippen LogP contribution in [-0.4, -0.2) is 41.6 Å². The number of carbonyl (C=O) groups excluding carboxylic acids is 1. The maximum atomic E-state index is 11.7. The van der Waals surface area contributed by atoms with Gasteiger partial charge in [0.05, 0.1) is 11.5 Å². The summed E-state index contributed by atoms with van der Waals surface area (Å²) in [6.07, 6.45) is -0.452. The zero-order valence-corrected chi connectivity index (χ0v) is 9.93. The number of nitrogens with two attached hydrogens (primary N) is 1. The second-order valence-corrected chi connectivity index (χ2v) is 3.93. The van der Waals surface area contributed by atoms with Gasteiger partial charge in [-0.25, -0.2) is 0 Å². The first-order chi connectivity index (χ1) is 6.40. The molecule has 0 bridgehead atoms. The van der Waals surface area contributed by atoms with E-state index in [9.17, 15) is 4.79 Å². The topological polar surface area (TPSA) is 55.6 Å². The number of rotatable bonds is 5. The number of nitrogens with zero attached hydrogens (tertiary/aromatic N) is 1. The Morgan fingerprint density at radius 3 is 2.29 bits per heavy atom. The number of carbonyl (C=O) groups is 1. The second-order valence-electron chi connectivity index (χ2n) is 3.40. The Labute approximate surface area is 90.4 Å². The van der Waals surface area contributed by atoms with Crippen LogP contribution < -0.4 is 5.73 Å². The molecule has 0 aliphatic rings. The number of ether oxygens (including phenoxy) is 1. The van der Waals surface area contributed by atoms with Gasteiger partial charge in [-0.15, -0.1) is 0 Å². The van der Waals surface area contributed by atoms with Crippen LogP contribution in [0.1, 0.15) is 20.8 Å². The fraction of sp³-hybridized carbons (Fsp3) is 0.778. The highest BCUT2D eigenvalue weighted by atomic mass is 32.1. The lowest BCUT2D eigenvalue weighted by Crippen LogP contribution is -2.46. The van der Waals surface area contributed by atoms with Crippen LogP contribution in [0.5, 0.6) is 0 Å². The Bertz CT molecular complexity index is 219. The highest BCUT2D eigenvalue weighted by Crippen LogP contribution is 2.03. The largest absolute Gasteiger partial charge is 0.392 e. The molecular formula is C9H18N2O2S. The van der Waals surface area contributed by atoms with Gasteiger partial charge in [0.15, 0.2) is 0 Å². The molecule has 0 rings (SSSR count). The second kappa shape index (κ2) is 5.93. The summed E-state index contributed by atoms with van der Waals surface area (Å²) < 4.78 is 4.95. The lowest BCUT2D eigenvalue weighted by atomic mass is 10.2.